The zero-order valence-corrected chi connectivity index (χ0v) is 10.8. The van der Waals surface area contributed by atoms with E-state index in [1.165, 1.54) is 0 Å². The Morgan fingerprint density at radius 2 is 1.81 bits per heavy atom. The van der Waals surface area contributed by atoms with E-state index in [1.54, 1.807) is 0 Å². The molecule has 0 aromatic heterocycles. The molecule has 78 valence electrons. The summed E-state index contributed by atoms with van der Waals surface area (Å²) in [5.74, 6) is 0. The Balaban J connectivity index is 2.62. The first kappa shape index (κ1) is 11.3. The summed E-state index contributed by atoms with van der Waals surface area (Å²) in [6, 6.07) is 15.6. The summed E-state index contributed by atoms with van der Waals surface area (Å²) < 4.78 is 2.67. The van der Waals surface area contributed by atoms with Crippen LogP contribution < -0.4 is 0 Å². The third-order valence-corrected chi connectivity index (χ3v) is 2.64. The van der Waals surface area contributed by atoms with Crippen molar-refractivity contribution in [2.45, 2.75) is 0 Å². The molecule has 0 fully saturated rings. The monoisotopic (exact) mass is 293 g/mol. The molecule has 0 aliphatic carbocycles. The fourth-order valence-electron chi connectivity index (χ4n) is 1.50. The second kappa shape index (κ2) is 5.25. The fraction of sp³-hybridized carbons (Fsp3) is 0. The summed E-state index contributed by atoms with van der Waals surface area (Å²) in [6.07, 6.45) is 0. The average molecular weight is 293 g/mol. The van der Waals surface area contributed by atoms with Gasteiger partial charge in [0.25, 0.3) is 0 Å². The van der Waals surface area contributed by atoms with Crippen LogP contribution in [0.4, 0.5) is 5.69 Å². The molecule has 0 aliphatic heterocycles. The minimum atomic E-state index is 0.706. The molecule has 16 heavy (non-hydrogen) atoms. The molecule has 0 unspecified atom stereocenters. The fourth-order valence-corrected chi connectivity index (χ4v) is 1.88. The molecule has 0 N–H and O–H groups in total. The molecule has 2 rings (SSSR count). The van der Waals surface area contributed by atoms with E-state index in [0.717, 1.165) is 16.8 Å². The number of benzene rings is 2. The van der Waals surface area contributed by atoms with Crippen molar-refractivity contribution < 1.29 is 0 Å². The minimum absolute atomic E-state index is 0.706. The number of halogens is 1. The van der Waals surface area contributed by atoms with Crippen LogP contribution in [0.5, 0.6) is 0 Å². The van der Waals surface area contributed by atoms with E-state index in [9.17, 15) is 0 Å². The van der Waals surface area contributed by atoms with Crippen molar-refractivity contribution in [2.75, 3.05) is 0 Å². The van der Waals surface area contributed by atoms with E-state index in [2.05, 4.69) is 25.3 Å². The first-order valence-corrected chi connectivity index (χ1v) is 5.97. The summed E-state index contributed by atoms with van der Waals surface area (Å²) in [5, 5.41) is 0.706. The molecule has 0 saturated carbocycles. The van der Waals surface area contributed by atoms with E-state index in [0.29, 0.717) is 5.02 Å². The van der Waals surface area contributed by atoms with Crippen molar-refractivity contribution in [2.24, 2.45) is 4.99 Å². The van der Waals surface area contributed by atoms with E-state index < -0.39 is 0 Å². The molecule has 0 aliphatic rings. The maximum absolute atomic E-state index is 6.00. The number of rotatable bonds is 2. The standard InChI is InChI=1S/C13H8ClNSe/c14-11-6-7-13(15-9-16)12(8-11)10-4-2-1-3-5-10/h1-8H. The van der Waals surface area contributed by atoms with Gasteiger partial charge in [-0.2, -0.15) is 0 Å². The molecule has 0 saturated heterocycles. The Morgan fingerprint density at radius 3 is 2.50 bits per heavy atom. The molecule has 3 heteroatoms. The Bertz CT molecular complexity index is 545. The van der Waals surface area contributed by atoms with Gasteiger partial charge in [0.05, 0.1) is 0 Å². The molecule has 0 radical (unpaired) electrons. The third kappa shape index (κ3) is 2.49. The molecular formula is C13H8ClNSe. The third-order valence-electron chi connectivity index (χ3n) is 2.21. The Hall–Kier alpha value is -1.17. The van der Waals surface area contributed by atoms with Gasteiger partial charge in [0.1, 0.15) is 0 Å². The van der Waals surface area contributed by atoms with Gasteiger partial charge in [-0.25, -0.2) is 0 Å². The van der Waals surface area contributed by atoms with Crippen molar-refractivity contribution in [3.63, 3.8) is 0 Å². The van der Waals surface area contributed by atoms with Crippen LogP contribution in [0, 0.1) is 0 Å². The number of aliphatic imine (C=N–C) groups is 1. The molecule has 0 atom stereocenters. The van der Waals surface area contributed by atoms with Crippen LogP contribution in [0.3, 0.4) is 0 Å². The van der Waals surface area contributed by atoms with Gasteiger partial charge in [0.2, 0.25) is 0 Å². The summed E-state index contributed by atoms with van der Waals surface area (Å²) >= 11 is 8.63. The van der Waals surface area contributed by atoms with Crippen LogP contribution in [0.15, 0.2) is 53.5 Å². The molecule has 1 nitrogen and oxygen atoms in total. The zero-order valence-electron chi connectivity index (χ0n) is 8.35. The molecule has 0 heterocycles. The van der Waals surface area contributed by atoms with Gasteiger partial charge in [-0.1, -0.05) is 0 Å². The number of hydrogen-bond acceptors (Lipinski definition) is 1. The van der Waals surface area contributed by atoms with Crippen molar-refractivity contribution in [3.05, 3.63) is 53.6 Å². The Labute approximate surface area is 107 Å². The second-order valence-electron chi connectivity index (χ2n) is 3.23. The van der Waals surface area contributed by atoms with Gasteiger partial charge < -0.3 is 0 Å². The van der Waals surface area contributed by atoms with E-state index in [1.807, 2.05) is 48.5 Å². The van der Waals surface area contributed by atoms with Crippen LogP contribution in [0.1, 0.15) is 0 Å². The van der Waals surface area contributed by atoms with E-state index >= 15 is 0 Å². The summed E-state index contributed by atoms with van der Waals surface area (Å²) in [5.41, 5.74) is 2.96. The molecule has 0 spiro atoms. The summed E-state index contributed by atoms with van der Waals surface area (Å²) in [4.78, 5) is 4.16. The van der Waals surface area contributed by atoms with Crippen LogP contribution in [-0.2, 0) is 0 Å². The van der Waals surface area contributed by atoms with Gasteiger partial charge in [-0.15, -0.1) is 0 Å². The number of hydrogen-bond donors (Lipinski definition) is 0. The predicted molar refractivity (Wildman–Crippen MR) is 69.7 cm³/mol. The Morgan fingerprint density at radius 1 is 1.06 bits per heavy atom. The molecular weight excluding hydrogens is 285 g/mol. The summed E-state index contributed by atoms with van der Waals surface area (Å²) in [7, 11) is 0. The molecule has 2 aromatic carbocycles. The molecule has 0 bridgehead atoms. The van der Waals surface area contributed by atoms with Gasteiger partial charge in [0.15, 0.2) is 0 Å². The first-order chi connectivity index (χ1) is 7.81. The topological polar surface area (TPSA) is 12.4 Å². The van der Waals surface area contributed by atoms with Crippen molar-refractivity contribution in [1.29, 1.82) is 0 Å². The van der Waals surface area contributed by atoms with Crippen LogP contribution in [0.2, 0.25) is 5.02 Å². The molecule has 2 aromatic rings. The van der Waals surface area contributed by atoms with Crippen LogP contribution >= 0.6 is 11.6 Å². The van der Waals surface area contributed by atoms with Gasteiger partial charge in [-0.05, 0) is 0 Å². The SMILES string of the molecule is Clc1ccc(N=C=[Se])c(-c2ccccc2)c1. The van der Waals surface area contributed by atoms with Crippen molar-refractivity contribution >= 4 is 37.6 Å². The quantitative estimate of drug-likeness (QED) is 0.591. The van der Waals surface area contributed by atoms with E-state index in [4.69, 9.17) is 11.6 Å². The maximum atomic E-state index is 6.00. The van der Waals surface area contributed by atoms with Gasteiger partial charge in [-0.3, -0.25) is 0 Å². The Kier molecular flexibility index (Phi) is 3.71. The predicted octanol–water partition coefficient (Wildman–Crippen LogP) is 3.71. The normalized spacial score (nSPS) is 9.56. The molecule has 0 amide bonds. The number of nitrogens with zero attached hydrogens (tertiary/aromatic N) is 1. The van der Waals surface area contributed by atoms with E-state index in [-0.39, 0.29) is 0 Å². The zero-order chi connectivity index (χ0) is 11.4. The first-order valence-electron chi connectivity index (χ1n) is 4.74. The second-order valence-corrected chi connectivity index (χ2v) is 4.05. The van der Waals surface area contributed by atoms with Crippen LogP contribution in [-0.4, -0.2) is 20.3 Å². The van der Waals surface area contributed by atoms with Crippen molar-refractivity contribution in [3.8, 4) is 11.1 Å². The van der Waals surface area contributed by atoms with Crippen LogP contribution in [0.25, 0.3) is 11.1 Å². The average Bonchev–Trinajstić information content (AvgIpc) is 2.33. The summed E-state index contributed by atoms with van der Waals surface area (Å²) in [6.45, 7) is 0. The van der Waals surface area contributed by atoms with Gasteiger partial charge in [0, 0.05) is 0 Å². The van der Waals surface area contributed by atoms with Crippen molar-refractivity contribution in [1.82, 2.24) is 0 Å². The van der Waals surface area contributed by atoms with Gasteiger partial charge >= 0.3 is 107 Å².